The summed E-state index contributed by atoms with van der Waals surface area (Å²) >= 11 is 0. The number of carbonyl (C=O) groups excluding carboxylic acids is 2. The van der Waals surface area contributed by atoms with Gasteiger partial charge in [-0.15, -0.1) is 0 Å². The third-order valence-corrected chi connectivity index (χ3v) is 0. The Morgan fingerprint density at radius 1 is 1.43 bits per heavy atom. The normalized spacial score (nSPS) is 1.43. The molecule has 0 saturated heterocycles. The van der Waals surface area contributed by atoms with E-state index in [4.69, 9.17) is 14.2 Å². The maximum Gasteiger partial charge on any atom is 0 e. The van der Waals surface area contributed by atoms with E-state index in [1.807, 2.05) is 0 Å². The molecule has 0 atom stereocenters. The van der Waals surface area contributed by atoms with Crippen molar-refractivity contribution in [2.45, 2.75) is 7.43 Å². The van der Waals surface area contributed by atoms with Crippen molar-refractivity contribution in [2.24, 2.45) is 0 Å². The Morgan fingerprint density at radius 3 is 1.43 bits per heavy atom. The molecule has 0 amide bonds. The predicted molar refractivity (Wildman–Crippen MR) is 23.5 cm³/mol. The molecular weight excluding hydrogens is 100 g/mol. The largest absolute Gasteiger partial charge is 0 e. The van der Waals surface area contributed by atoms with Crippen LogP contribution in [0.2, 0.25) is 0 Å². The molecule has 4 nitrogen and oxygen atoms in total. The fourth-order valence-corrected chi connectivity index (χ4v) is 0. The molecule has 7 heavy (non-hydrogen) atoms. The van der Waals surface area contributed by atoms with Gasteiger partial charge in [0.25, 0.3) is 0 Å². The van der Waals surface area contributed by atoms with Crippen LogP contribution in [0.1, 0.15) is 10.3 Å². The second-order valence-electron chi connectivity index (χ2n) is 0.0833. The molecule has 0 aliphatic carbocycles. The summed E-state index contributed by atoms with van der Waals surface area (Å²) in [5, 5.41) is 0. The van der Waals surface area contributed by atoms with Gasteiger partial charge >= 0.3 is 17.5 Å². The number of rotatable bonds is 0. The van der Waals surface area contributed by atoms with Crippen molar-refractivity contribution in [3.63, 3.8) is 0 Å². The van der Waals surface area contributed by atoms with Crippen LogP contribution in [0.15, 0.2) is 0 Å². The minimum Gasteiger partial charge on any atom is 0 e. The maximum absolute atomic E-state index is 8.12. The monoisotopic (exact) mass is 110 g/mol. The SMILES string of the molecule is C.O.O=C=O.[C-]#[O+].[HH].[HH]. The van der Waals surface area contributed by atoms with Gasteiger partial charge in [0.05, 0.1) is 0 Å². The molecule has 0 aliphatic heterocycles. The second-order valence-corrected chi connectivity index (χ2v) is 0.0833. The van der Waals surface area contributed by atoms with E-state index in [0.29, 0.717) is 0 Å². The summed E-state index contributed by atoms with van der Waals surface area (Å²) in [6, 6.07) is 0. The van der Waals surface area contributed by atoms with Gasteiger partial charge in [-0.25, -0.2) is 0 Å². The summed E-state index contributed by atoms with van der Waals surface area (Å²) in [6.07, 6.45) is 0.250. The molecule has 46 valence electrons. The molecule has 0 rings (SSSR count). The van der Waals surface area contributed by atoms with Crippen molar-refractivity contribution in [1.82, 2.24) is 0 Å². The molecule has 0 radical (unpaired) electrons. The summed E-state index contributed by atoms with van der Waals surface area (Å²) in [7, 11) is 0. The summed E-state index contributed by atoms with van der Waals surface area (Å²) in [4.78, 5) is 16.2. The molecule has 2 N–H and O–H groups in total. The maximum atomic E-state index is 8.12. The summed E-state index contributed by atoms with van der Waals surface area (Å²) in [5.74, 6) is 0. The van der Waals surface area contributed by atoms with Gasteiger partial charge in [-0.2, -0.15) is 9.59 Å². The van der Waals surface area contributed by atoms with E-state index in [9.17, 15) is 0 Å². The predicted octanol–water partition coefficient (Wildman–Crippen LogP) is -0.318. The van der Waals surface area contributed by atoms with Crippen LogP contribution in [0.4, 0.5) is 0 Å². The van der Waals surface area contributed by atoms with Gasteiger partial charge in [0.2, 0.25) is 0 Å². The Labute approximate surface area is 44.1 Å². The third-order valence-electron chi connectivity index (χ3n) is 0. The Bertz CT molecular complexity index is 56.1. The van der Waals surface area contributed by atoms with E-state index in [1.165, 1.54) is 0 Å². The van der Waals surface area contributed by atoms with E-state index in [-0.39, 0.29) is 21.9 Å². The van der Waals surface area contributed by atoms with Crippen LogP contribution in [0.5, 0.6) is 0 Å². The van der Waals surface area contributed by atoms with Gasteiger partial charge in [0.15, 0.2) is 0 Å². The molecule has 4 heteroatoms. The van der Waals surface area contributed by atoms with Crippen LogP contribution < -0.4 is 0 Å². The smallest absolute Gasteiger partial charge is 0 e. The average molecular weight is 110 g/mol. The molecule has 0 aromatic rings. The zero-order valence-corrected chi connectivity index (χ0v) is 2.72. The van der Waals surface area contributed by atoms with E-state index in [2.05, 4.69) is 6.65 Å². The number of hydrogen-bond acceptors (Lipinski definition) is 2. The van der Waals surface area contributed by atoms with Crippen molar-refractivity contribution < 1.29 is 22.6 Å². The molecule has 0 aromatic carbocycles. The summed E-state index contributed by atoms with van der Waals surface area (Å²) < 4.78 is 7.50. The van der Waals surface area contributed by atoms with Crippen molar-refractivity contribution in [1.29, 1.82) is 0 Å². The third kappa shape index (κ3) is 56.9. The van der Waals surface area contributed by atoms with Gasteiger partial charge in [-0.05, 0) is 0 Å². The minimum atomic E-state index is 0. The van der Waals surface area contributed by atoms with Crippen molar-refractivity contribution in [3.05, 3.63) is 6.65 Å². The average Bonchev–Trinajstić information content (AvgIpc) is 1.46. The molecule has 0 aromatic heterocycles. The molecule has 0 heterocycles. The topological polar surface area (TPSA) is 85.5 Å². The minimum absolute atomic E-state index is 0. The van der Waals surface area contributed by atoms with E-state index < -0.39 is 0 Å². The molecule has 0 aliphatic rings. The van der Waals surface area contributed by atoms with Crippen molar-refractivity contribution in [3.8, 4) is 0 Å². The van der Waals surface area contributed by atoms with Crippen LogP contribution in [0.25, 0.3) is 0 Å². The second kappa shape index (κ2) is 13200. The molecule has 0 spiro atoms. The van der Waals surface area contributed by atoms with Gasteiger partial charge in [-0.3, -0.25) is 0 Å². The Balaban J connectivity index is -0.00000000357. The fraction of sp³-hybridized carbons (Fsp3) is 0.333. The first-order valence-electron chi connectivity index (χ1n) is 0.612. The van der Waals surface area contributed by atoms with Crippen LogP contribution >= 0.6 is 0 Å². The molecular formula is C3H10O4. The van der Waals surface area contributed by atoms with E-state index in [1.54, 1.807) is 0 Å². The standard InChI is InChI=1S/CO2.CO.CH4.H2O.2H2/c2-1-3;1-2;;;;/h;;1H4;1H2;2*1H. The first-order chi connectivity index (χ1) is 2.41. The Kier molecular flexibility index (Phi) is 68500. The van der Waals surface area contributed by atoms with Crippen LogP contribution in [-0.2, 0) is 14.2 Å². The zero-order valence-electron chi connectivity index (χ0n) is 2.72. The quantitative estimate of drug-likeness (QED) is 0.316. The van der Waals surface area contributed by atoms with E-state index >= 15 is 0 Å². The van der Waals surface area contributed by atoms with Gasteiger partial charge in [0, 0.05) is 2.85 Å². The van der Waals surface area contributed by atoms with Crippen molar-refractivity contribution in [2.75, 3.05) is 0 Å². The zero-order chi connectivity index (χ0) is 4.71. The molecule has 0 saturated carbocycles. The first kappa shape index (κ1) is 36.3. The number of hydrogen-bond donors (Lipinski definition) is 0. The van der Waals surface area contributed by atoms with Gasteiger partial charge in [0.1, 0.15) is 0 Å². The van der Waals surface area contributed by atoms with Crippen molar-refractivity contribution >= 4 is 6.15 Å². The van der Waals surface area contributed by atoms with Crippen LogP contribution in [0.3, 0.4) is 0 Å². The Hall–Kier alpha value is -0.920. The van der Waals surface area contributed by atoms with Crippen LogP contribution in [0, 0.1) is 6.65 Å². The van der Waals surface area contributed by atoms with Gasteiger partial charge in [-0.1, -0.05) is 7.43 Å². The molecule has 0 unspecified atom stereocenters. The molecule has 0 fully saturated rings. The van der Waals surface area contributed by atoms with E-state index in [0.717, 1.165) is 0 Å². The Morgan fingerprint density at radius 2 is 1.43 bits per heavy atom. The van der Waals surface area contributed by atoms with Crippen LogP contribution in [-0.4, -0.2) is 11.6 Å². The fourth-order valence-electron chi connectivity index (χ4n) is 0. The molecule has 0 bridgehead atoms. The summed E-state index contributed by atoms with van der Waals surface area (Å²) in [6.45, 7) is 4.50. The first-order valence-corrected chi connectivity index (χ1v) is 0.612. The van der Waals surface area contributed by atoms with Gasteiger partial charge < -0.3 is 5.48 Å². The summed E-state index contributed by atoms with van der Waals surface area (Å²) in [5.41, 5.74) is 0.